The molecule has 0 heterocycles. The van der Waals surface area contributed by atoms with Gasteiger partial charge in [0.1, 0.15) is 0 Å². The van der Waals surface area contributed by atoms with Crippen molar-refractivity contribution in [1.82, 2.24) is 0 Å². The molecule has 2 heteroatoms. The first-order valence-corrected chi connectivity index (χ1v) is 33.5. The van der Waals surface area contributed by atoms with Crippen LogP contribution in [0.4, 0.5) is 0 Å². The van der Waals surface area contributed by atoms with Crippen molar-refractivity contribution in [1.29, 1.82) is 0 Å². The van der Waals surface area contributed by atoms with Gasteiger partial charge < -0.3 is 4.74 Å². The van der Waals surface area contributed by atoms with Crippen LogP contribution in [0.3, 0.4) is 0 Å². The lowest BCUT2D eigenvalue weighted by Gasteiger charge is -2.06. The molecule has 0 rings (SSSR count). The average Bonchev–Trinajstić information content (AvgIpc) is 3.36. The van der Waals surface area contributed by atoms with Crippen LogP contribution in [0.2, 0.25) is 0 Å². The molecule has 0 aliphatic rings. The Morgan fingerprint density at radius 2 is 0.319 bits per heavy atom. The lowest BCUT2D eigenvalue weighted by Crippen LogP contribution is -2.05. The quantitative estimate of drug-likeness (QED) is 0.0448. The first-order valence-electron chi connectivity index (χ1n) is 33.5. The van der Waals surface area contributed by atoms with Gasteiger partial charge in [-0.1, -0.05) is 399 Å². The Morgan fingerprint density at radius 3 is 0.478 bits per heavy atom. The highest BCUT2D eigenvalue weighted by molar-refractivity contribution is 5.69. The third kappa shape index (κ3) is 65.5. The molecule has 69 heavy (non-hydrogen) atoms. The van der Waals surface area contributed by atoms with Crippen LogP contribution in [-0.2, 0) is 9.53 Å². The molecule has 0 N–H and O–H groups in total. The number of carbonyl (C=O) groups is 1. The van der Waals surface area contributed by atoms with Gasteiger partial charge in [0.25, 0.3) is 0 Å². The first-order chi connectivity index (χ1) is 34.3. The maximum Gasteiger partial charge on any atom is 0.305 e. The third-order valence-electron chi connectivity index (χ3n) is 16.0. The Hall–Kier alpha value is -0.530. The summed E-state index contributed by atoms with van der Waals surface area (Å²) in [5, 5.41) is 0. The molecule has 0 atom stereocenters. The highest BCUT2D eigenvalue weighted by Gasteiger charge is 2.04. The zero-order valence-corrected chi connectivity index (χ0v) is 48.6. The van der Waals surface area contributed by atoms with Gasteiger partial charge in [-0.3, -0.25) is 4.79 Å². The van der Waals surface area contributed by atoms with Crippen molar-refractivity contribution in [3.05, 3.63) is 0 Å². The molecule has 0 unspecified atom stereocenters. The van der Waals surface area contributed by atoms with E-state index in [0.29, 0.717) is 13.0 Å². The van der Waals surface area contributed by atoms with E-state index in [1.807, 2.05) is 0 Å². The topological polar surface area (TPSA) is 26.3 Å². The van der Waals surface area contributed by atoms with Gasteiger partial charge in [-0.2, -0.15) is 0 Å². The number of unbranched alkanes of at least 4 members (excludes halogenated alkanes) is 60. The minimum atomic E-state index is 0.0377. The zero-order chi connectivity index (χ0) is 49.5. The molecule has 414 valence electrons. The summed E-state index contributed by atoms with van der Waals surface area (Å²) in [5.74, 6) is 0.0377. The summed E-state index contributed by atoms with van der Waals surface area (Å²) in [6.07, 6.45) is 89.2. The highest BCUT2D eigenvalue weighted by Crippen LogP contribution is 2.20. The van der Waals surface area contributed by atoms with E-state index in [1.54, 1.807) is 0 Å². The maximum absolute atomic E-state index is 12.1. The molecular formula is C67H134O2. The fourth-order valence-corrected chi connectivity index (χ4v) is 11.0. The predicted octanol–water partition coefficient (Wildman–Crippen LogP) is 25.1. The van der Waals surface area contributed by atoms with Gasteiger partial charge in [-0.25, -0.2) is 0 Å². The Labute approximate surface area is 438 Å². The Bertz CT molecular complexity index is 882. The smallest absolute Gasteiger partial charge is 0.305 e. The minimum Gasteiger partial charge on any atom is -0.466 e. The molecule has 0 aliphatic carbocycles. The van der Waals surface area contributed by atoms with Crippen molar-refractivity contribution in [2.75, 3.05) is 6.61 Å². The second-order valence-corrected chi connectivity index (χ2v) is 23.2. The third-order valence-corrected chi connectivity index (χ3v) is 16.0. The van der Waals surface area contributed by atoms with Gasteiger partial charge in [0.15, 0.2) is 0 Å². The van der Waals surface area contributed by atoms with Gasteiger partial charge in [0.2, 0.25) is 0 Å². The average molecular weight is 972 g/mol. The Balaban J connectivity index is 3.14. The summed E-state index contributed by atoms with van der Waals surface area (Å²) in [7, 11) is 0. The summed E-state index contributed by atoms with van der Waals surface area (Å²) < 4.78 is 5.53. The van der Waals surface area contributed by atoms with Crippen molar-refractivity contribution in [2.24, 2.45) is 0 Å². The van der Waals surface area contributed by atoms with Crippen LogP contribution >= 0.6 is 0 Å². The second-order valence-electron chi connectivity index (χ2n) is 23.2. The van der Waals surface area contributed by atoms with E-state index in [-0.39, 0.29) is 5.97 Å². The van der Waals surface area contributed by atoms with Gasteiger partial charge >= 0.3 is 5.97 Å². The monoisotopic (exact) mass is 971 g/mol. The van der Waals surface area contributed by atoms with E-state index in [4.69, 9.17) is 4.74 Å². The summed E-state index contributed by atoms with van der Waals surface area (Å²) in [6.45, 7) is 5.25. The predicted molar refractivity (Wildman–Crippen MR) is 313 cm³/mol. The van der Waals surface area contributed by atoms with Crippen LogP contribution in [0.15, 0.2) is 0 Å². The molecule has 0 aromatic rings. The van der Waals surface area contributed by atoms with Gasteiger partial charge in [-0.15, -0.1) is 0 Å². The van der Waals surface area contributed by atoms with Crippen molar-refractivity contribution < 1.29 is 9.53 Å². The first kappa shape index (κ1) is 68.5. The molecule has 0 fully saturated rings. The molecule has 0 saturated carbocycles. The van der Waals surface area contributed by atoms with Gasteiger partial charge in [-0.05, 0) is 12.8 Å². The summed E-state index contributed by atoms with van der Waals surface area (Å²) in [4.78, 5) is 12.1. The fraction of sp³-hybridized carbons (Fsp3) is 0.985. The van der Waals surface area contributed by atoms with Crippen molar-refractivity contribution in [2.45, 2.75) is 418 Å². The lowest BCUT2D eigenvalue weighted by atomic mass is 10.0. The van der Waals surface area contributed by atoms with Crippen LogP contribution in [0.5, 0.6) is 0 Å². The molecule has 0 saturated heterocycles. The van der Waals surface area contributed by atoms with Crippen LogP contribution in [-0.4, -0.2) is 12.6 Å². The van der Waals surface area contributed by atoms with Crippen LogP contribution in [0.25, 0.3) is 0 Å². The van der Waals surface area contributed by atoms with Crippen molar-refractivity contribution >= 4 is 5.97 Å². The van der Waals surface area contributed by atoms with Gasteiger partial charge in [0, 0.05) is 6.42 Å². The fourth-order valence-electron chi connectivity index (χ4n) is 11.0. The number of carbonyl (C=O) groups excluding carboxylic acids is 1. The SMILES string of the molecule is CCCCCCCCCCCCCCCCCCCCCCCCCCCCCCCCCCCCCCC(=O)OCCCCCCCCCCCCCCCCCCCCCCCCCCCC. The molecule has 0 amide bonds. The molecule has 0 aromatic heterocycles. The van der Waals surface area contributed by atoms with E-state index in [9.17, 15) is 4.79 Å². The maximum atomic E-state index is 12.1. The standard InChI is InChI=1S/C67H134O2/c1-3-5-7-9-11-13-15-17-19-21-23-25-27-29-31-32-33-34-35-36-37-38-39-40-41-43-45-47-49-51-53-55-57-59-61-63-65-67(68)69-66-64-62-60-58-56-54-52-50-48-46-44-42-30-28-26-24-22-20-18-16-14-12-10-8-6-4-2/h3-66H2,1-2H3. The molecule has 0 bridgehead atoms. The number of rotatable bonds is 64. The van der Waals surface area contributed by atoms with E-state index >= 15 is 0 Å². The highest BCUT2D eigenvalue weighted by atomic mass is 16.5. The number of hydrogen-bond acceptors (Lipinski definition) is 2. The molecule has 0 aromatic carbocycles. The summed E-state index contributed by atoms with van der Waals surface area (Å²) >= 11 is 0. The van der Waals surface area contributed by atoms with Gasteiger partial charge in [0.05, 0.1) is 6.61 Å². The molecular weight excluding hydrogens is 837 g/mol. The Morgan fingerprint density at radius 1 is 0.188 bits per heavy atom. The van der Waals surface area contributed by atoms with Crippen LogP contribution < -0.4 is 0 Å². The number of hydrogen-bond donors (Lipinski definition) is 0. The molecule has 0 aliphatic heterocycles. The van der Waals surface area contributed by atoms with E-state index in [2.05, 4.69) is 13.8 Å². The van der Waals surface area contributed by atoms with Crippen LogP contribution in [0.1, 0.15) is 418 Å². The Kier molecular flexibility index (Phi) is 65.0. The summed E-state index contributed by atoms with van der Waals surface area (Å²) in [5.41, 5.74) is 0. The van der Waals surface area contributed by atoms with Crippen molar-refractivity contribution in [3.63, 3.8) is 0 Å². The van der Waals surface area contributed by atoms with E-state index in [0.717, 1.165) is 12.8 Å². The van der Waals surface area contributed by atoms with E-state index in [1.165, 1.54) is 385 Å². The number of esters is 1. The lowest BCUT2D eigenvalue weighted by molar-refractivity contribution is -0.143. The zero-order valence-electron chi connectivity index (χ0n) is 48.6. The largest absolute Gasteiger partial charge is 0.466 e. The minimum absolute atomic E-state index is 0.0377. The van der Waals surface area contributed by atoms with E-state index < -0.39 is 0 Å². The van der Waals surface area contributed by atoms with Crippen molar-refractivity contribution in [3.8, 4) is 0 Å². The number of ether oxygens (including phenoxy) is 1. The molecule has 0 spiro atoms. The second kappa shape index (κ2) is 65.5. The molecule has 2 nitrogen and oxygen atoms in total. The molecule has 0 radical (unpaired) electrons. The summed E-state index contributed by atoms with van der Waals surface area (Å²) in [6, 6.07) is 0. The normalized spacial score (nSPS) is 11.6. The van der Waals surface area contributed by atoms with Crippen LogP contribution in [0, 0.1) is 0 Å².